The second-order valence-electron chi connectivity index (χ2n) is 6.95. The fourth-order valence-electron chi connectivity index (χ4n) is 2.94. The predicted octanol–water partition coefficient (Wildman–Crippen LogP) is 2.11. The highest BCUT2D eigenvalue weighted by Gasteiger charge is 2.30. The first-order valence-corrected chi connectivity index (χ1v) is 11.1. The van der Waals surface area contributed by atoms with Crippen LogP contribution in [0.4, 0.5) is 0 Å². The van der Waals surface area contributed by atoms with E-state index in [1.54, 1.807) is 24.3 Å². The van der Waals surface area contributed by atoms with Crippen LogP contribution in [0.15, 0.2) is 54.6 Å². The van der Waals surface area contributed by atoms with Gasteiger partial charge in [-0.2, -0.15) is 0 Å². The number of amides is 1. The SMILES string of the molecule is C[C@@H](OC(=O)c1ccc(OCc2ccccc2)cc1)C(=O)N[C@@H]1CCS(=O)(=O)C1. The Labute approximate surface area is 169 Å². The van der Waals surface area contributed by atoms with Gasteiger partial charge in [-0.3, -0.25) is 4.79 Å². The van der Waals surface area contributed by atoms with Crippen molar-refractivity contribution in [2.24, 2.45) is 0 Å². The molecule has 2 aromatic rings. The summed E-state index contributed by atoms with van der Waals surface area (Å²) in [6.07, 6.45) is -0.654. The van der Waals surface area contributed by atoms with Gasteiger partial charge in [0.2, 0.25) is 0 Å². The van der Waals surface area contributed by atoms with Crippen LogP contribution in [0.3, 0.4) is 0 Å². The van der Waals surface area contributed by atoms with Crippen molar-refractivity contribution in [3.05, 3.63) is 65.7 Å². The molecule has 0 saturated carbocycles. The number of carbonyl (C=O) groups is 2. The Morgan fingerprint density at radius 3 is 2.41 bits per heavy atom. The summed E-state index contributed by atoms with van der Waals surface area (Å²) in [7, 11) is -3.09. The molecule has 2 aromatic carbocycles. The molecule has 1 saturated heterocycles. The summed E-state index contributed by atoms with van der Waals surface area (Å²) in [5.41, 5.74) is 1.33. The van der Waals surface area contributed by atoms with Crippen LogP contribution in [-0.2, 0) is 26.0 Å². The summed E-state index contributed by atoms with van der Waals surface area (Å²) in [5.74, 6) is -0.558. The number of rotatable bonds is 7. The molecule has 7 nitrogen and oxygen atoms in total. The van der Waals surface area contributed by atoms with E-state index in [1.807, 2.05) is 30.3 Å². The molecule has 0 unspecified atom stereocenters. The average Bonchev–Trinajstić information content (AvgIpc) is 3.05. The summed E-state index contributed by atoms with van der Waals surface area (Å²) in [6.45, 7) is 1.87. The van der Waals surface area contributed by atoms with Gasteiger partial charge in [-0.15, -0.1) is 0 Å². The molecule has 0 bridgehead atoms. The zero-order valence-corrected chi connectivity index (χ0v) is 16.9. The van der Waals surface area contributed by atoms with Gasteiger partial charge in [0.25, 0.3) is 5.91 Å². The molecule has 154 valence electrons. The third-order valence-corrected chi connectivity index (χ3v) is 6.34. The number of sulfone groups is 1. The third kappa shape index (κ3) is 6.05. The van der Waals surface area contributed by atoms with Gasteiger partial charge < -0.3 is 14.8 Å². The summed E-state index contributed by atoms with van der Waals surface area (Å²) < 4.78 is 33.8. The summed E-state index contributed by atoms with van der Waals surface area (Å²) >= 11 is 0. The molecule has 1 heterocycles. The van der Waals surface area contributed by atoms with E-state index in [1.165, 1.54) is 6.92 Å². The van der Waals surface area contributed by atoms with Crippen LogP contribution >= 0.6 is 0 Å². The number of nitrogens with one attached hydrogen (secondary N) is 1. The van der Waals surface area contributed by atoms with Crippen molar-refractivity contribution in [3.8, 4) is 5.75 Å². The minimum absolute atomic E-state index is 0.0603. The highest BCUT2D eigenvalue weighted by molar-refractivity contribution is 7.91. The molecule has 1 aliphatic rings. The van der Waals surface area contributed by atoms with Crippen LogP contribution in [0.5, 0.6) is 5.75 Å². The Morgan fingerprint density at radius 2 is 1.79 bits per heavy atom. The van der Waals surface area contributed by atoms with E-state index in [0.29, 0.717) is 24.3 Å². The summed E-state index contributed by atoms with van der Waals surface area (Å²) in [6, 6.07) is 15.7. The van der Waals surface area contributed by atoms with Gasteiger partial charge in [0.05, 0.1) is 17.1 Å². The number of esters is 1. The first kappa shape index (κ1) is 20.9. The van der Waals surface area contributed by atoms with Crippen LogP contribution in [0, 0.1) is 0 Å². The fraction of sp³-hybridized carbons (Fsp3) is 0.333. The monoisotopic (exact) mass is 417 g/mol. The zero-order valence-electron chi connectivity index (χ0n) is 16.0. The van der Waals surface area contributed by atoms with E-state index in [4.69, 9.17) is 9.47 Å². The number of carbonyl (C=O) groups excluding carboxylic acids is 2. The molecule has 0 aliphatic carbocycles. The standard InChI is InChI=1S/C21H23NO6S/c1-15(20(23)22-18-11-12-29(25,26)14-18)28-21(24)17-7-9-19(10-8-17)27-13-16-5-3-2-4-6-16/h2-10,15,18H,11-14H2,1H3,(H,22,23)/t15-,18-/m1/s1. The smallest absolute Gasteiger partial charge is 0.338 e. The molecule has 0 aromatic heterocycles. The van der Waals surface area contributed by atoms with Gasteiger partial charge in [0.15, 0.2) is 15.9 Å². The normalized spacial score (nSPS) is 18.6. The Morgan fingerprint density at radius 1 is 1.10 bits per heavy atom. The molecular formula is C21H23NO6S. The quantitative estimate of drug-likeness (QED) is 0.693. The molecule has 1 aliphatic heterocycles. The van der Waals surface area contributed by atoms with Crippen molar-refractivity contribution in [1.82, 2.24) is 5.32 Å². The molecule has 1 amide bonds. The van der Waals surface area contributed by atoms with Gasteiger partial charge in [-0.25, -0.2) is 13.2 Å². The van der Waals surface area contributed by atoms with E-state index in [0.717, 1.165) is 5.56 Å². The third-order valence-electron chi connectivity index (χ3n) is 4.57. The van der Waals surface area contributed by atoms with E-state index < -0.39 is 33.9 Å². The van der Waals surface area contributed by atoms with Crippen molar-refractivity contribution in [2.75, 3.05) is 11.5 Å². The minimum Gasteiger partial charge on any atom is -0.489 e. The fourth-order valence-corrected chi connectivity index (χ4v) is 4.61. The summed E-state index contributed by atoms with van der Waals surface area (Å²) in [4.78, 5) is 24.4. The Kier molecular flexibility index (Phi) is 6.53. The van der Waals surface area contributed by atoms with E-state index in [-0.39, 0.29) is 11.5 Å². The molecule has 1 N–H and O–H groups in total. The minimum atomic E-state index is -3.09. The number of hydrogen-bond acceptors (Lipinski definition) is 6. The average molecular weight is 417 g/mol. The van der Waals surface area contributed by atoms with E-state index in [9.17, 15) is 18.0 Å². The lowest BCUT2D eigenvalue weighted by molar-refractivity contribution is -0.129. The molecule has 8 heteroatoms. The van der Waals surface area contributed by atoms with Gasteiger partial charge in [-0.1, -0.05) is 30.3 Å². The van der Waals surface area contributed by atoms with Crippen molar-refractivity contribution >= 4 is 21.7 Å². The van der Waals surface area contributed by atoms with Crippen LogP contribution in [-0.4, -0.2) is 43.9 Å². The number of ether oxygens (including phenoxy) is 2. The highest BCUT2D eigenvalue weighted by atomic mass is 32.2. The number of hydrogen-bond donors (Lipinski definition) is 1. The Hall–Kier alpha value is -2.87. The number of benzene rings is 2. The van der Waals surface area contributed by atoms with Gasteiger partial charge in [0.1, 0.15) is 12.4 Å². The van der Waals surface area contributed by atoms with Crippen molar-refractivity contribution < 1.29 is 27.5 Å². The molecular weight excluding hydrogens is 394 g/mol. The molecule has 0 radical (unpaired) electrons. The predicted molar refractivity (Wildman–Crippen MR) is 107 cm³/mol. The van der Waals surface area contributed by atoms with Crippen LogP contribution in [0.25, 0.3) is 0 Å². The lowest BCUT2D eigenvalue weighted by atomic mass is 10.2. The van der Waals surface area contributed by atoms with Crippen LogP contribution in [0.1, 0.15) is 29.3 Å². The topological polar surface area (TPSA) is 98.8 Å². The molecule has 3 rings (SSSR count). The second kappa shape index (κ2) is 9.09. The van der Waals surface area contributed by atoms with Crippen LogP contribution in [0.2, 0.25) is 0 Å². The molecule has 2 atom stereocenters. The summed E-state index contributed by atoms with van der Waals surface area (Å²) in [5, 5.41) is 2.62. The highest BCUT2D eigenvalue weighted by Crippen LogP contribution is 2.16. The van der Waals surface area contributed by atoms with Crippen LogP contribution < -0.4 is 10.1 Å². The maximum absolute atomic E-state index is 12.3. The zero-order chi connectivity index (χ0) is 20.9. The first-order chi connectivity index (χ1) is 13.8. The molecule has 29 heavy (non-hydrogen) atoms. The maximum atomic E-state index is 12.3. The van der Waals surface area contributed by atoms with Gasteiger partial charge in [0, 0.05) is 6.04 Å². The largest absolute Gasteiger partial charge is 0.489 e. The Balaban J connectivity index is 1.48. The molecule has 1 fully saturated rings. The van der Waals surface area contributed by atoms with Gasteiger partial charge >= 0.3 is 5.97 Å². The second-order valence-corrected chi connectivity index (χ2v) is 9.18. The van der Waals surface area contributed by atoms with Crippen molar-refractivity contribution in [3.63, 3.8) is 0 Å². The maximum Gasteiger partial charge on any atom is 0.338 e. The molecule has 0 spiro atoms. The first-order valence-electron chi connectivity index (χ1n) is 9.31. The van der Waals surface area contributed by atoms with E-state index >= 15 is 0 Å². The van der Waals surface area contributed by atoms with Crippen molar-refractivity contribution in [1.29, 1.82) is 0 Å². The Bertz CT molecular complexity index is 956. The lowest BCUT2D eigenvalue weighted by Gasteiger charge is -2.16. The van der Waals surface area contributed by atoms with E-state index in [2.05, 4.69) is 5.32 Å². The lowest BCUT2D eigenvalue weighted by Crippen LogP contribution is -2.42. The van der Waals surface area contributed by atoms with Crippen molar-refractivity contribution in [2.45, 2.75) is 32.1 Å². The van der Waals surface area contributed by atoms with Gasteiger partial charge in [-0.05, 0) is 43.2 Å².